The van der Waals surface area contributed by atoms with Gasteiger partial charge in [-0.3, -0.25) is 0 Å². The number of carbonyl (C=O) groups is 1. The summed E-state index contributed by atoms with van der Waals surface area (Å²) in [6, 6.07) is 14.8. The van der Waals surface area contributed by atoms with Crippen LogP contribution >= 0.6 is 0 Å². The van der Waals surface area contributed by atoms with Crippen molar-refractivity contribution >= 4 is 5.97 Å². The molecule has 7 nitrogen and oxygen atoms in total. The number of hydrogen-bond donors (Lipinski definition) is 1. The molecule has 1 N–H and O–H groups in total. The van der Waals surface area contributed by atoms with Crippen LogP contribution in [0, 0.1) is 0 Å². The van der Waals surface area contributed by atoms with Crippen LogP contribution in [-0.4, -0.2) is 40.1 Å². The van der Waals surface area contributed by atoms with Gasteiger partial charge in [-0.15, -0.1) is 6.58 Å². The SMILES string of the molecule is C=CCCn1nc(C(CC)(OC)OC)nc1Cc1ccc(-c2ccccc2C(=O)O)cc1. The fourth-order valence-corrected chi connectivity index (χ4v) is 3.68. The van der Waals surface area contributed by atoms with Gasteiger partial charge in [-0.05, 0) is 29.2 Å². The van der Waals surface area contributed by atoms with E-state index in [1.807, 2.05) is 54.1 Å². The van der Waals surface area contributed by atoms with E-state index in [1.165, 1.54) is 0 Å². The van der Waals surface area contributed by atoms with Gasteiger partial charge in [0.05, 0.1) is 5.56 Å². The molecule has 0 radical (unpaired) electrons. The lowest BCUT2D eigenvalue weighted by molar-refractivity contribution is -0.222. The second kappa shape index (κ2) is 10.3. The Bertz CT molecular complexity index is 1060. The van der Waals surface area contributed by atoms with Crippen molar-refractivity contribution in [3.05, 3.63) is 84.0 Å². The Morgan fingerprint density at radius 3 is 2.44 bits per heavy atom. The Morgan fingerprint density at radius 2 is 1.84 bits per heavy atom. The maximum Gasteiger partial charge on any atom is 0.336 e. The molecule has 3 aromatic rings. The molecule has 1 aromatic heterocycles. The summed E-state index contributed by atoms with van der Waals surface area (Å²) >= 11 is 0. The van der Waals surface area contributed by atoms with Crippen LogP contribution in [-0.2, 0) is 28.2 Å². The summed E-state index contributed by atoms with van der Waals surface area (Å²) < 4.78 is 13.1. The minimum absolute atomic E-state index is 0.282. The molecule has 0 spiro atoms. The standard InChI is InChI=1S/C25H29N3O4/c1-5-7-16-28-22(26-24(27-28)25(6-2,31-3)32-4)17-18-12-14-19(15-13-18)20-10-8-9-11-21(20)23(29)30/h5,8-15H,1,6-7,16-17H2,2-4H3,(H,29,30). The number of allylic oxidation sites excluding steroid dienone is 1. The number of aromatic carboxylic acids is 1. The van der Waals surface area contributed by atoms with Gasteiger partial charge < -0.3 is 14.6 Å². The summed E-state index contributed by atoms with van der Waals surface area (Å²) in [7, 11) is 3.18. The van der Waals surface area contributed by atoms with Crippen LogP contribution < -0.4 is 0 Å². The molecule has 2 aromatic carbocycles. The first-order chi connectivity index (χ1) is 15.5. The van der Waals surface area contributed by atoms with E-state index in [1.54, 1.807) is 26.4 Å². The van der Waals surface area contributed by atoms with Crippen LogP contribution in [0.4, 0.5) is 0 Å². The van der Waals surface area contributed by atoms with E-state index in [4.69, 9.17) is 14.5 Å². The monoisotopic (exact) mass is 435 g/mol. The first-order valence-electron chi connectivity index (χ1n) is 10.5. The average Bonchev–Trinajstić information content (AvgIpc) is 3.22. The van der Waals surface area contributed by atoms with Crippen LogP contribution in [0.15, 0.2) is 61.2 Å². The van der Waals surface area contributed by atoms with Gasteiger partial charge in [-0.1, -0.05) is 55.5 Å². The van der Waals surface area contributed by atoms with Gasteiger partial charge >= 0.3 is 5.97 Å². The van der Waals surface area contributed by atoms with Crippen molar-refractivity contribution in [1.82, 2.24) is 14.8 Å². The average molecular weight is 436 g/mol. The normalized spacial score (nSPS) is 11.5. The summed E-state index contributed by atoms with van der Waals surface area (Å²) in [5.74, 6) is -0.634. The molecular weight excluding hydrogens is 406 g/mol. The summed E-state index contributed by atoms with van der Waals surface area (Å²) in [6.45, 7) is 6.42. The second-order valence-electron chi connectivity index (χ2n) is 7.39. The first kappa shape index (κ1) is 23.4. The molecule has 0 aliphatic carbocycles. The Morgan fingerprint density at radius 1 is 1.16 bits per heavy atom. The first-order valence-corrected chi connectivity index (χ1v) is 10.5. The third-order valence-corrected chi connectivity index (χ3v) is 5.54. The lowest BCUT2D eigenvalue weighted by Gasteiger charge is -2.26. The van der Waals surface area contributed by atoms with Gasteiger partial charge in [-0.2, -0.15) is 5.10 Å². The molecule has 32 heavy (non-hydrogen) atoms. The van der Waals surface area contributed by atoms with Crippen molar-refractivity contribution in [2.75, 3.05) is 14.2 Å². The molecule has 168 valence electrons. The van der Waals surface area contributed by atoms with E-state index in [0.717, 1.165) is 23.4 Å². The highest BCUT2D eigenvalue weighted by Crippen LogP contribution is 2.28. The van der Waals surface area contributed by atoms with E-state index in [0.29, 0.717) is 30.8 Å². The van der Waals surface area contributed by atoms with E-state index in [9.17, 15) is 9.90 Å². The number of carboxylic acids is 1. The van der Waals surface area contributed by atoms with Crippen molar-refractivity contribution in [2.45, 2.75) is 38.5 Å². The summed E-state index contributed by atoms with van der Waals surface area (Å²) in [5, 5.41) is 14.1. The zero-order valence-electron chi connectivity index (χ0n) is 18.7. The lowest BCUT2D eigenvalue weighted by atomic mass is 9.98. The summed E-state index contributed by atoms with van der Waals surface area (Å²) in [6.07, 6.45) is 3.75. The van der Waals surface area contributed by atoms with Crippen LogP contribution in [0.25, 0.3) is 11.1 Å². The highest BCUT2D eigenvalue weighted by atomic mass is 16.7. The fourth-order valence-electron chi connectivity index (χ4n) is 3.68. The Balaban J connectivity index is 1.91. The molecule has 0 aliphatic rings. The third kappa shape index (κ3) is 4.79. The maximum absolute atomic E-state index is 11.5. The molecule has 0 unspecified atom stereocenters. The van der Waals surface area contributed by atoms with Gasteiger partial charge in [0.1, 0.15) is 5.82 Å². The zero-order valence-corrected chi connectivity index (χ0v) is 18.7. The number of aryl methyl sites for hydroxylation is 1. The number of ether oxygens (including phenoxy) is 2. The molecule has 0 saturated carbocycles. The van der Waals surface area contributed by atoms with Crippen molar-refractivity contribution < 1.29 is 19.4 Å². The molecule has 0 aliphatic heterocycles. The Hall–Kier alpha value is -3.29. The number of benzene rings is 2. The molecular formula is C25H29N3O4. The quantitative estimate of drug-likeness (QED) is 0.348. The predicted molar refractivity (Wildman–Crippen MR) is 122 cm³/mol. The Labute approximate surface area is 188 Å². The molecule has 0 saturated heterocycles. The van der Waals surface area contributed by atoms with Gasteiger partial charge in [0.15, 0.2) is 0 Å². The van der Waals surface area contributed by atoms with Crippen LogP contribution in [0.2, 0.25) is 0 Å². The van der Waals surface area contributed by atoms with Crippen LogP contribution in [0.3, 0.4) is 0 Å². The van der Waals surface area contributed by atoms with E-state index >= 15 is 0 Å². The molecule has 0 fully saturated rings. The number of methoxy groups -OCH3 is 2. The summed E-state index contributed by atoms with van der Waals surface area (Å²) in [5.41, 5.74) is 2.86. The van der Waals surface area contributed by atoms with Gasteiger partial charge in [0, 0.05) is 33.6 Å². The second-order valence-corrected chi connectivity index (χ2v) is 7.39. The van der Waals surface area contributed by atoms with Gasteiger partial charge in [0.25, 0.3) is 0 Å². The number of rotatable bonds is 11. The third-order valence-electron chi connectivity index (χ3n) is 5.54. The number of nitrogens with zero attached hydrogens (tertiary/aromatic N) is 3. The predicted octanol–water partition coefficient (Wildman–Crippen LogP) is 4.67. The topological polar surface area (TPSA) is 86.5 Å². The van der Waals surface area contributed by atoms with E-state index in [2.05, 4.69) is 11.7 Å². The molecule has 1 heterocycles. The van der Waals surface area contributed by atoms with Crippen LogP contribution in [0.5, 0.6) is 0 Å². The fraction of sp³-hybridized carbons (Fsp3) is 0.320. The van der Waals surface area contributed by atoms with Crippen molar-refractivity contribution in [2.24, 2.45) is 0 Å². The van der Waals surface area contributed by atoms with E-state index < -0.39 is 11.8 Å². The molecule has 7 heteroatoms. The molecule has 0 atom stereocenters. The van der Waals surface area contributed by atoms with Crippen LogP contribution in [0.1, 0.15) is 47.3 Å². The molecule has 0 bridgehead atoms. The Kier molecular flexibility index (Phi) is 7.56. The van der Waals surface area contributed by atoms with Crippen molar-refractivity contribution in [3.8, 4) is 11.1 Å². The zero-order chi connectivity index (χ0) is 23.1. The minimum Gasteiger partial charge on any atom is -0.478 e. The van der Waals surface area contributed by atoms with Crippen molar-refractivity contribution in [3.63, 3.8) is 0 Å². The number of aromatic nitrogens is 3. The maximum atomic E-state index is 11.5. The molecule has 3 rings (SSSR count). The largest absolute Gasteiger partial charge is 0.478 e. The minimum atomic E-state index is -0.988. The van der Waals surface area contributed by atoms with E-state index in [-0.39, 0.29) is 5.56 Å². The number of carboxylic acid groups (broad SMARTS) is 1. The number of hydrogen-bond acceptors (Lipinski definition) is 5. The highest BCUT2D eigenvalue weighted by molar-refractivity contribution is 5.95. The lowest BCUT2D eigenvalue weighted by Crippen LogP contribution is -2.31. The summed E-state index contributed by atoms with van der Waals surface area (Å²) in [4.78, 5) is 16.3. The smallest absolute Gasteiger partial charge is 0.336 e. The van der Waals surface area contributed by atoms with Crippen molar-refractivity contribution in [1.29, 1.82) is 0 Å². The van der Waals surface area contributed by atoms with Gasteiger partial charge in [0.2, 0.25) is 11.6 Å². The molecule has 0 amide bonds. The highest BCUT2D eigenvalue weighted by Gasteiger charge is 2.35. The van der Waals surface area contributed by atoms with Gasteiger partial charge in [-0.25, -0.2) is 14.5 Å².